The third-order valence-electron chi connectivity index (χ3n) is 6.76. The second-order valence-electron chi connectivity index (χ2n) is 9.53. The van der Waals surface area contributed by atoms with Crippen LogP contribution in [0.5, 0.6) is 5.75 Å². The molecular formula is C31H35FN4O3. The highest BCUT2D eigenvalue weighted by atomic mass is 19.1. The van der Waals surface area contributed by atoms with Crippen LogP contribution in [0.1, 0.15) is 21.5 Å². The van der Waals surface area contributed by atoms with Gasteiger partial charge in [0, 0.05) is 62.6 Å². The number of halogens is 1. The van der Waals surface area contributed by atoms with E-state index in [1.54, 1.807) is 12.0 Å². The predicted molar refractivity (Wildman–Crippen MR) is 153 cm³/mol. The zero-order chi connectivity index (χ0) is 27.6. The van der Waals surface area contributed by atoms with E-state index < -0.39 is 0 Å². The van der Waals surface area contributed by atoms with Gasteiger partial charge in [-0.15, -0.1) is 0 Å². The lowest BCUT2D eigenvalue weighted by molar-refractivity contribution is 0.0739. The summed E-state index contributed by atoms with van der Waals surface area (Å²) < 4.78 is 18.9. The number of amides is 3. The summed E-state index contributed by atoms with van der Waals surface area (Å²) in [5, 5.41) is 2.97. The van der Waals surface area contributed by atoms with Gasteiger partial charge in [0.05, 0.1) is 7.11 Å². The molecule has 1 saturated heterocycles. The molecular weight excluding hydrogens is 495 g/mol. The molecule has 0 radical (unpaired) electrons. The Bertz CT molecular complexity index is 1290. The van der Waals surface area contributed by atoms with E-state index in [1.807, 2.05) is 72.5 Å². The second-order valence-corrected chi connectivity index (χ2v) is 9.53. The van der Waals surface area contributed by atoms with Crippen LogP contribution in [0, 0.1) is 12.7 Å². The number of hydrogen-bond acceptors (Lipinski definition) is 4. The van der Waals surface area contributed by atoms with Crippen molar-refractivity contribution in [2.45, 2.75) is 6.92 Å². The molecule has 1 fully saturated rings. The lowest BCUT2D eigenvalue weighted by atomic mass is 10.1. The molecule has 0 bridgehead atoms. The van der Waals surface area contributed by atoms with Crippen LogP contribution in [-0.4, -0.2) is 79.6 Å². The minimum atomic E-state index is -0.376. The second kappa shape index (κ2) is 13.6. The summed E-state index contributed by atoms with van der Waals surface area (Å²) >= 11 is 0. The Kier molecular flexibility index (Phi) is 9.69. The summed E-state index contributed by atoms with van der Waals surface area (Å²) in [6, 6.07) is 21.0. The van der Waals surface area contributed by atoms with E-state index in [-0.39, 0.29) is 17.8 Å². The average Bonchev–Trinajstić information content (AvgIpc) is 2.95. The van der Waals surface area contributed by atoms with Crippen LogP contribution in [0.3, 0.4) is 0 Å². The Morgan fingerprint density at radius 2 is 1.74 bits per heavy atom. The van der Waals surface area contributed by atoms with Crippen LogP contribution in [0.4, 0.5) is 14.9 Å². The Hall–Kier alpha value is -4.17. The van der Waals surface area contributed by atoms with Crippen molar-refractivity contribution in [1.29, 1.82) is 0 Å². The molecule has 8 heteroatoms. The largest absolute Gasteiger partial charge is 0.496 e. The normalized spacial score (nSPS) is 13.9. The quantitative estimate of drug-likeness (QED) is 0.416. The van der Waals surface area contributed by atoms with Crippen molar-refractivity contribution in [2.24, 2.45) is 0 Å². The molecule has 1 aliphatic heterocycles. The van der Waals surface area contributed by atoms with Gasteiger partial charge in [-0.3, -0.25) is 9.69 Å². The highest BCUT2D eigenvalue weighted by Gasteiger charge is 2.22. The molecule has 0 aliphatic carbocycles. The minimum absolute atomic E-state index is 0.102. The van der Waals surface area contributed by atoms with Gasteiger partial charge in [0.2, 0.25) is 0 Å². The number of ether oxygens (including phenoxy) is 1. The van der Waals surface area contributed by atoms with Crippen molar-refractivity contribution in [3.8, 4) is 5.75 Å². The van der Waals surface area contributed by atoms with Crippen LogP contribution < -0.4 is 10.1 Å². The van der Waals surface area contributed by atoms with Gasteiger partial charge in [-0.1, -0.05) is 42.5 Å². The fourth-order valence-electron chi connectivity index (χ4n) is 4.52. The molecule has 0 aromatic heterocycles. The molecule has 204 valence electrons. The summed E-state index contributed by atoms with van der Waals surface area (Å²) in [5.74, 6) is 0.226. The van der Waals surface area contributed by atoms with Gasteiger partial charge < -0.3 is 19.9 Å². The zero-order valence-corrected chi connectivity index (χ0v) is 22.5. The number of rotatable bonds is 9. The number of nitrogens with one attached hydrogen (secondary N) is 1. The number of carbonyl (C=O) groups is 2. The van der Waals surface area contributed by atoms with Crippen LogP contribution >= 0.6 is 0 Å². The predicted octanol–water partition coefficient (Wildman–Crippen LogP) is 5.15. The topological polar surface area (TPSA) is 65.1 Å². The van der Waals surface area contributed by atoms with E-state index in [0.29, 0.717) is 38.3 Å². The van der Waals surface area contributed by atoms with Gasteiger partial charge in [-0.2, -0.15) is 0 Å². The highest BCUT2D eigenvalue weighted by molar-refractivity contribution is 5.94. The van der Waals surface area contributed by atoms with Gasteiger partial charge in [-0.25, -0.2) is 9.18 Å². The smallest absolute Gasteiger partial charge is 0.321 e. The number of benzene rings is 3. The van der Waals surface area contributed by atoms with Crippen LogP contribution in [0.2, 0.25) is 0 Å². The zero-order valence-electron chi connectivity index (χ0n) is 22.5. The van der Waals surface area contributed by atoms with Gasteiger partial charge in [-0.05, 0) is 55.0 Å². The third kappa shape index (κ3) is 7.91. The number of hydrogen-bond donors (Lipinski definition) is 1. The summed E-state index contributed by atoms with van der Waals surface area (Å²) in [6.45, 7) is 6.22. The van der Waals surface area contributed by atoms with E-state index in [1.165, 1.54) is 24.3 Å². The van der Waals surface area contributed by atoms with Crippen LogP contribution in [-0.2, 0) is 0 Å². The number of methoxy groups -OCH3 is 1. The van der Waals surface area contributed by atoms with E-state index in [9.17, 15) is 14.0 Å². The molecule has 3 amide bonds. The van der Waals surface area contributed by atoms with Gasteiger partial charge in [0.25, 0.3) is 5.91 Å². The standard InChI is InChI=1S/C31H35FN4O3/c1-24-7-5-10-28(23-24)33-31(38)36-21-18-34(19-22-36)17-20-35(30(37)26-12-14-27(32)15-13-26)16-6-9-25-8-3-4-11-29(25)39-2/h3-15,23H,16-22H2,1-2H3,(H,33,38). The summed E-state index contributed by atoms with van der Waals surface area (Å²) in [5.41, 5.74) is 3.25. The van der Waals surface area contributed by atoms with Crippen molar-refractivity contribution in [2.75, 3.05) is 58.2 Å². The first kappa shape index (κ1) is 27.9. The molecule has 0 unspecified atom stereocenters. The first-order chi connectivity index (χ1) is 18.9. The van der Waals surface area contributed by atoms with Crippen LogP contribution in [0.25, 0.3) is 6.08 Å². The SMILES string of the molecule is COc1ccccc1C=CCN(CCN1CCN(C(=O)Nc2cccc(C)c2)CC1)C(=O)c1ccc(F)cc1. The number of nitrogens with zero attached hydrogens (tertiary/aromatic N) is 3. The van der Waals surface area contributed by atoms with Gasteiger partial charge in [0.15, 0.2) is 0 Å². The summed E-state index contributed by atoms with van der Waals surface area (Å²) in [4.78, 5) is 31.8. The fourth-order valence-corrected chi connectivity index (χ4v) is 4.52. The van der Waals surface area contributed by atoms with E-state index in [2.05, 4.69) is 10.2 Å². The maximum absolute atomic E-state index is 13.4. The Morgan fingerprint density at radius 1 is 1.00 bits per heavy atom. The Balaban J connectivity index is 1.34. The number of urea groups is 1. The van der Waals surface area contributed by atoms with Gasteiger partial charge >= 0.3 is 6.03 Å². The van der Waals surface area contributed by atoms with Crippen molar-refractivity contribution < 1.29 is 18.7 Å². The molecule has 3 aromatic carbocycles. The average molecular weight is 531 g/mol. The van der Waals surface area contributed by atoms with E-state index in [4.69, 9.17) is 4.74 Å². The van der Waals surface area contributed by atoms with Crippen molar-refractivity contribution >= 4 is 23.7 Å². The lowest BCUT2D eigenvalue weighted by Gasteiger charge is -2.35. The maximum atomic E-state index is 13.4. The molecule has 7 nitrogen and oxygen atoms in total. The van der Waals surface area contributed by atoms with Crippen molar-refractivity contribution in [1.82, 2.24) is 14.7 Å². The molecule has 0 atom stereocenters. The molecule has 4 rings (SSSR count). The first-order valence-corrected chi connectivity index (χ1v) is 13.1. The molecule has 0 spiro atoms. The summed E-state index contributed by atoms with van der Waals surface area (Å²) in [7, 11) is 1.63. The number of para-hydroxylation sites is 1. The molecule has 0 saturated carbocycles. The molecule has 1 heterocycles. The number of anilines is 1. The first-order valence-electron chi connectivity index (χ1n) is 13.1. The van der Waals surface area contributed by atoms with Crippen LogP contribution in [0.15, 0.2) is 78.9 Å². The van der Waals surface area contributed by atoms with Crippen molar-refractivity contribution in [3.05, 3.63) is 101 Å². The number of carbonyl (C=O) groups excluding carboxylic acids is 2. The molecule has 1 N–H and O–H groups in total. The molecule has 3 aromatic rings. The number of aryl methyl sites for hydroxylation is 1. The monoisotopic (exact) mass is 530 g/mol. The Morgan fingerprint density at radius 3 is 2.46 bits per heavy atom. The Labute approximate surface area is 229 Å². The van der Waals surface area contributed by atoms with Crippen molar-refractivity contribution in [3.63, 3.8) is 0 Å². The molecule has 1 aliphatic rings. The van der Waals surface area contributed by atoms with Gasteiger partial charge in [0.1, 0.15) is 11.6 Å². The van der Waals surface area contributed by atoms with E-state index in [0.717, 1.165) is 35.7 Å². The molecule has 39 heavy (non-hydrogen) atoms. The fraction of sp³-hybridized carbons (Fsp3) is 0.290. The lowest BCUT2D eigenvalue weighted by Crippen LogP contribution is -2.51. The third-order valence-corrected chi connectivity index (χ3v) is 6.76. The summed E-state index contributed by atoms with van der Waals surface area (Å²) in [6.07, 6.45) is 3.88. The maximum Gasteiger partial charge on any atom is 0.321 e. The minimum Gasteiger partial charge on any atom is -0.496 e. The number of piperazine rings is 1. The highest BCUT2D eigenvalue weighted by Crippen LogP contribution is 2.19. The van der Waals surface area contributed by atoms with E-state index >= 15 is 0 Å².